The van der Waals surface area contributed by atoms with Crippen LogP contribution in [0.1, 0.15) is 22.7 Å². The molecule has 0 saturated carbocycles. The molecule has 0 radical (unpaired) electrons. The van der Waals surface area contributed by atoms with Gasteiger partial charge >= 0.3 is 0 Å². The Morgan fingerprint density at radius 2 is 2.04 bits per heavy atom. The molecular formula is C17H13N3O5. The van der Waals surface area contributed by atoms with E-state index in [9.17, 15) is 15.3 Å². The van der Waals surface area contributed by atoms with Crippen LogP contribution >= 0.6 is 0 Å². The highest BCUT2D eigenvalue weighted by Crippen LogP contribution is 2.43. The van der Waals surface area contributed by atoms with Crippen molar-refractivity contribution in [3.63, 3.8) is 0 Å². The van der Waals surface area contributed by atoms with E-state index in [1.54, 1.807) is 25.1 Å². The van der Waals surface area contributed by atoms with Crippen LogP contribution in [0.4, 0.5) is 0 Å². The number of aryl methyl sites for hydroxylation is 1. The molecule has 8 nitrogen and oxygen atoms in total. The molecule has 0 aliphatic carbocycles. The van der Waals surface area contributed by atoms with E-state index in [2.05, 4.69) is 0 Å². The Morgan fingerprint density at radius 3 is 2.80 bits per heavy atom. The van der Waals surface area contributed by atoms with Crippen molar-refractivity contribution in [3.8, 4) is 23.3 Å². The zero-order valence-corrected chi connectivity index (χ0v) is 13.1. The highest BCUT2D eigenvalue weighted by atomic mass is 16.7. The van der Waals surface area contributed by atoms with Gasteiger partial charge in [-0.25, -0.2) is 0 Å². The van der Waals surface area contributed by atoms with Gasteiger partial charge in [-0.15, -0.1) is 0 Å². The summed E-state index contributed by atoms with van der Waals surface area (Å²) in [5.41, 5.74) is 6.35. The molecule has 0 spiro atoms. The molecule has 0 amide bonds. The van der Waals surface area contributed by atoms with E-state index in [-0.39, 0.29) is 29.6 Å². The molecule has 3 N–H and O–H groups in total. The summed E-state index contributed by atoms with van der Waals surface area (Å²) in [7, 11) is 0. The molecule has 0 fully saturated rings. The van der Waals surface area contributed by atoms with E-state index >= 15 is 0 Å². The number of ether oxygens (including phenoxy) is 3. The lowest BCUT2D eigenvalue weighted by Gasteiger charge is -2.26. The molecule has 0 unspecified atom stereocenters. The van der Waals surface area contributed by atoms with E-state index in [1.165, 1.54) is 6.07 Å². The van der Waals surface area contributed by atoms with Crippen LogP contribution in [0.25, 0.3) is 0 Å². The van der Waals surface area contributed by atoms with Gasteiger partial charge in [-0.2, -0.15) is 9.99 Å². The smallest absolute Gasteiger partial charge is 0.291 e. The number of hydrogen-bond acceptors (Lipinski definition) is 7. The summed E-state index contributed by atoms with van der Waals surface area (Å²) in [6.07, 6.45) is 0. The fourth-order valence-electron chi connectivity index (χ4n) is 3.06. The van der Waals surface area contributed by atoms with Crippen molar-refractivity contribution in [1.29, 1.82) is 5.26 Å². The minimum absolute atomic E-state index is 0.0767. The van der Waals surface area contributed by atoms with Gasteiger partial charge in [-0.1, -0.05) is 6.07 Å². The predicted octanol–water partition coefficient (Wildman–Crippen LogP) is 1.34. The van der Waals surface area contributed by atoms with Gasteiger partial charge in [0.05, 0.1) is 17.2 Å². The Kier molecular flexibility index (Phi) is 3.12. The van der Waals surface area contributed by atoms with Crippen LogP contribution in [0.3, 0.4) is 0 Å². The third kappa shape index (κ3) is 2.10. The Balaban J connectivity index is 1.99. The maximum Gasteiger partial charge on any atom is 0.291 e. The third-order valence-electron chi connectivity index (χ3n) is 4.28. The van der Waals surface area contributed by atoms with Gasteiger partial charge in [0, 0.05) is 6.07 Å². The van der Waals surface area contributed by atoms with Gasteiger partial charge in [0.1, 0.15) is 17.4 Å². The van der Waals surface area contributed by atoms with Gasteiger partial charge in [0.2, 0.25) is 12.7 Å². The van der Waals surface area contributed by atoms with Crippen LogP contribution in [-0.2, 0) is 0 Å². The monoisotopic (exact) mass is 339 g/mol. The first-order chi connectivity index (χ1) is 12.0. The van der Waals surface area contributed by atoms with E-state index in [0.717, 1.165) is 0 Å². The molecule has 2 aliphatic rings. The minimum atomic E-state index is -0.783. The van der Waals surface area contributed by atoms with Gasteiger partial charge in [-0.05, 0) is 24.6 Å². The minimum Gasteiger partial charge on any atom is -0.454 e. The van der Waals surface area contributed by atoms with Crippen molar-refractivity contribution < 1.29 is 19.4 Å². The number of nitrogens with two attached hydrogens (primary N) is 1. The van der Waals surface area contributed by atoms with E-state index in [4.69, 9.17) is 19.9 Å². The Labute approximate surface area is 141 Å². The highest BCUT2D eigenvalue weighted by molar-refractivity contribution is 5.57. The number of aromatic nitrogens is 1. The molecular weight excluding hydrogens is 326 g/mol. The van der Waals surface area contributed by atoms with E-state index in [1.807, 2.05) is 6.07 Å². The maximum atomic E-state index is 12.6. The molecule has 1 aromatic heterocycles. The number of hydrogen-bond donors (Lipinski definition) is 2. The van der Waals surface area contributed by atoms with Gasteiger partial charge in [0.25, 0.3) is 5.56 Å². The van der Waals surface area contributed by atoms with Gasteiger partial charge in [-0.3, -0.25) is 4.79 Å². The van der Waals surface area contributed by atoms with Crippen molar-refractivity contribution >= 4 is 0 Å². The van der Waals surface area contributed by atoms with E-state index in [0.29, 0.717) is 27.5 Å². The quantitative estimate of drug-likeness (QED) is 0.752. The largest absolute Gasteiger partial charge is 0.454 e. The predicted molar refractivity (Wildman–Crippen MR) is 84.5 cm³/mol. The lowest BCUT2D eigenvalue weighted by atomic mass is 9.84. The maximum absolute atomic E-state index is 12.6. The van der Waals surface area contributed by atoms with Crippen LogP contribution < -0.4 is 25.5 Å². The summed E-state index contributed by atoms with van der Waals surface area (Å²) in [6, 6.07) is 8.61. The summed E-state index contributed by atoms with van der Waals surface area (Å²) >= 11 is 0. The van der Waals surface area contributed by atoms with Crippen molar-refractivity contribution in [2.24, 2.45) is 5.73 Å². The fraction of sp³-hybridized carbons (Fsp3) is 0.176. The summed E-state index contributed by atoms with van der Waals surface area (Å²) in [6.45, 7) is 1.66. The van der Waals surface area contributed by atoms with Crippen LogP contribution in [0.5, 0.6) is 17.2 Å². The molecule has 126 valence electrons. The SMILES string of the molecule is Cc1cc2c(c(=O)n1O)[C@H](c1ccc3c(c1)OCO3)C(C#N)=C(N)O2. The molecule has 25 heavy (non-hydrogen) atoms. The fourth-order valence-corrected chi connectivity index (χ4v) is 3.06. The number of nitrogens with zero attached hydrogens (tertiary/aromatic N) is 2. The first-order valence-electron chi connectivity index (χ1n) is 7.44. The lowest BCUT2D eigenvalue weighted by molar-refractivity contribution is 0.165. The van der Waals surface area contributed by atoms with Crippen molar-refractivity contribution in [3.05, 3.63) is 62.9 Å². The van der Waals surface area contributed by atoms with Crippen molar-refractivity contribution in [2.45, 2.75) is 12.8 Å². The number of benzene rings is 1. The topological polar surface area (TPSA) is 120 Å². The first kappa shape index (κ1) is 15.0. The second-order valence-electron chi connectivity index (χ2n) is 5.72. The summed E-state index contributed by atoms with van der Waals surface area (Å²) in [5.74, 6) is 0.446. The molecule has 0 bridgehead atoms. The average molecular weight is 339 g/mol. The molecule has 3 heterocycles. The Bertz CT molecular complexity index is 1030. The zero-order chi connectivity index (χ0) is 17.7. The van der Waals surface area contributed by atoms with Crippen LogP contribution in [0, 0.1) is 18.3 Å². The molecule has 1 atom stereocenters. The number of rotatable bonds is 1. The lowest BCUT2D eigenvalue weighted by Crippen LogP contribution is -2.31. The third-order valence-corrected chi connectivity index (χ3v) is 4.28. The normalized spacial score (nSPS) is 17.7. The second kappa shape index (κ2) is 5.21. The summed E-state index contributed by atoms with van der Waals surface area (Å²) in [4.78, 5) is 12.6. The number of pyridine rings is 1. The molecule has 2 aliphatic heterocycles. The standard InChI is InChI=1S/C17H13N3O5/c1-8-4-13-15(17(21)20(8)22)14(10(6-18)16(19)25-13)9-2-3-11-12(5-9)24-7-23-11/h2-5,14,22H,7,19H2,1H3/t14-/m1/s1. The van der Waals surface area contributed by atoms with Crippen LogP contribution in [0.15, 0.2) is 40.5 Å². The van der Waals surface area contributed by atoms with Gasteiger partial charge in [0.15, 0.2) is 11.5 Å². The average Bonchev–Trinajstić information content (AvgIpc) is 3.06. The van der Waals surface area contributed by atoms with Gasteiger partial charge < -0.3 is 25.2 Å². The number of allylic oxidation sites excluding steroid dienone is 1. The molecule has 4 rings (SSSR count). The molecule has 2 aromatic rings. The number of fused-ring (bicyclic) bond motifs is 2. The summed E-state index contributed by atoms with van der Waals surface area (Å²) in [5, 5.41) is 19.5. The Morgan fingerprint density at radius 1 is 1.28 bits per heavy atom. The number of nitriles is 1. The van der Waals surface area contributed by atoms with Crippen LogP contribution in [-0.4, -0.2) is 16.7 Å². The van der Waals surface area contributed by atoms with Crippen molar-refractivity contribution in [2.75, 3.05) is 6.79 Å². The Hall–Kier alpha value is -3.60. The van der Waals surface area contributed by atoms with Crippen molar-refractivity contribution in [1.82, 2.24) is 4.73 Å². The second-order valence-corrected chi connectivity index (χ2v) is 5.72. The summed E-state index contributed by atoms with van der Waals surface area (Å²) < 4.78 is 16.6. The molecule has 1 aromatic carbocycles. The van der Waals surface area contributed by atoms with Crippen LogP contribution in [0.2, 0.25) is 0 Å². The zero-order valence-electron chi connectivity index (χ0n) is 13.1. The highest BCUT2D eigenvalue weighted by Gasteiger charge is 2.35. The van der Waals surface area contributed by atoms with E-state index < -0.39 is 11.5 Å². The molecule has 8 heteroatoms. The molecule has 0 saturated heterocycles. The first-order valence-corrected chi connectivity index (χ1v) is 7.44.